The van der Waals surface area contributed by atoms with E-state index in [2.05, 4.69) is 0 Å². The molecule has 0 radical (unpaired) electrons. The Morgan fingerprint density at radius 3 is 1.38 bits per heavy atom. The highest BCUT2D eigenvalue weighted by Gasteiger charge is 2.06. The van der Waals surface area contributed by atoms with Crippen LogP contribution in [0, 0.1) is 0 Å². The van der Waals surface area contributed by atoms with Gasteiger partial charge in [0.05, 0.1) is 5.03 Å². The van der Waals surface area contributed by atoms with Crippen LogP contribution in [-0.2, 0) is 0 Å². The van der Waals surface area contributed by atoms with Gasteiger partial charge < -0.3 is 0 Å². The fraction of sp³-hybridized carbons (Fsp3) is 0.333. The van der Waals surface area contributed by atoms with Crippen LogP contribution in [0.25, 0.3) is 0 Å². The monoisotopic (exact) mass is 212 g/mol. The van der Waals surface area contributed by atoms with Gasteiger partial charge in [0.25, 0.3) is 0 Å². The first-order chi connectivity index (χ1) is 3.55. The van der Waals surface area contributed by atoms with E-state index < -0.39 is 4.84 Å². The van der Waals surface area contributed by atoms with Crippen molar-refractivity contribution in [2.75, 3.05) is 0 Å². The van der Waals surface area contributed by atoms with Crippen LogP contribution in [0.1, 0.15) is 0 Å². The molecule has 48 valence electrons. The molecule has 0 aromatic rings. The summed E-state index contributed by atoms with van der Waals surface area (Å²) in [5.41, 5.74) is 0. The summed E-state index contributed by atoms with van der Waals surface area (Å²) in [7, 11) is 0. The molecule has 8 heavy (non-hydrogen) atoms. The van der Waals surface area contributed by atoms with Crippen LogP contribution in [0.15, 0.2) is 9.52 Å². The van der Waals surface area contributed by atoms with Crippen molar-refractivity contribution in [1.29, 1.82) is 0 Å². The molecule has 5 heteroatoms. The lowest BCUT2D eigenvalue weighted by molar-refractivity contribution is 1.55. The number of hydrogen-bond donors (Lipinski definition) is 0. The number of hydrogen-bond acceptors (Lipinski definition) is 0. The van der Waals surface area contributed by atoms with E-state index in [1.54, 1.807) is 0 Å². The predicted molar refractivity (Wildman–Crippen MR) is 40.1 cm³/mol. The van der Waals surface area contributed by atoms with Crippen molar-refractivity contribution in [2.24, 2.45) is 0 Å². The van der Waals surface area contributed by atoms with E-state index in [1.165, 1.54) is 0 Å². The Kier molecular flexibility index (Phi) is 4.68. The van der Waals surface area contributed by atoms with Gasteiger partial charge in [0.15, 0.2) is 0 Å². The molecule has 0 spiro atoms. The molecule has 0 rings (SSSR count). The average Bonchev–Trinajstić information content (AvgIpc) is 1.64. The Hall–Kier alpha value is 1.19. The van der Waals surface area contributed by atoms with E-state index in [9.17, 15) is 0 Å². The Bertz CT molecular complexity index is 100. The van der Waals surface area contributed by atoms with Crippen LogP contribution in [-0.4, -0.2) is 4.84 Å². The summed E-state index contributed by atoms with van der Waals surface area (Å²) < 4.78 is -0.0957. The highest BCUT2D eigenvalue weighted by atomic mass is 35.5. The number of halogens is 5. The predicted octanol–water partition coefficient (Wildman–Crippen LogP) is 3.68. The van der Waals surface area contributed by atoms with Crippen molar-refractivity contribution in [3.8, 4) is 0 Å². The Morgan fingerprint density at radius 1 is 1.00 bits per heavy atom. The SMILES string of the molecule is ClC(Cl)=C(Cl)C(Cl)Cl. The summed E-state index contributed by atoms with van der Waals surface area (Å²) >= 11 is 26.1. The quantitative estimate of drug-likeness (QED) is 0.584. The van der Waals surface area contributed by atoms with Crippen LogP contribution in [0.3, 0.4) is 0 Å². The molecule has 0 heterocycles. The largest absolute Gasteiger partial charge is 0.145 e. The van der Waals surface area contributed by atoms with Crippen molar-refractivity contribution in [3.63, 3.8) is 0 Å². The second-order valence-electron chi connectivity index (χ2n) is 0.909. The zero-order valence-corrected chi connectivity index (χ0v) is 7.25. The molecule has 0 nitrogen and oxygen atoms in total. The fourth-order valence-electron chi connectivity index (χ4n) is 0.0825. The molecule has 0 aliphatic rings. The summed E-state index contributed by atoms with van der Waals surface area (Å²) in [5, 5.41) is 0.0525. The zero-order chi connectivity index (χ0) is 6.73. The molecule has 0 N–H and O–H groups in total. The molecule has 0 fully saturated rings. The van der Waals surface area contributed by atoms with E-state index in [0.717, 1.165) is 0 Å². The summed E-state index contributed by atoms with van der Waals surface area (Å²) in [6.45, 7) is 0. The third-order valence-electron chi connectivity index (χ3n) is 0.372. The minimum absolute atomic E-state index is 0.0525. The summed E-state index contributed by atoms with van der Waals surface area (Å²) in [4.78, 5) is -0.832. The van der Waals surface area contributed by atoms with E-state index in [4.69, 9.17) is 58.0 Å². The number of rotatable bonds is 1. The first-order valence-electron chi connectivity index (χ1n) is 1.54. The zero-order valence-electron chi connectivity index (χ0n) is 3.47. The molecule has 0 unspecified atom stereocenters. The van der Waals surface area contributed by atoms with Gasteiger partial charge in [-0.25, -0.2) is 0 Å². The van der Waals surface area contributed by atoms with Gasteiger partial charge in [-0.3, -0.25) is 0 Å². The molecule has 0 atom stereocenters. The van der Waals surface area contributed by atoms with E-state index in [-0.39, 0.29) is 9.52 Å². The molecular formula is C3HCl5. The lowest BCUT2D eigenvalue weighted by Gasteiger charge is -1.94. The average molecular weight is 214 g/mol. The second kappa shape index (κ2) is 4.08. The van der Waals surface area contributed by atoms with Crippen LogP contribution in [0.5, 0.6) is 0 Å². The van der Waals surface area contributed by atoms with Gasteiger partial charge in [-0.2, -0.15) is 0 Å². The Morgan fingerprint density at radius 2 is 1.38 bits per heavy atom. The van der Waals surface area contributed by atoms with Gasteiger partial charge in [-0.05, 0) is 0 Å². The van der Waals surface area contributed by atoms with Crippen molar-refractivity contribution in [2.45, 2.75) is 4.84 Å². The van der Waals surface area contributed by atoms with Crippen molar-refractivity contribution in [3.05, 3.63) is 9.52 Å². The van der Waals surface area contributed by atoms with Gasteiger partial charge in [0, 0.05) is 0 Å². The molecule has 0 amide bonds. The third kappa shape index (κ3) is 3.26. The molecule has 0 saturated heterocycles. The standard InChI is InChI=1S/C3HCl5/c4-1(2(5)6)3(7)8/h2H. The molecule has 0 aliphatic heterocycles. The van der Waals surface area contributed by atoms with Crippen LogP contribution in [0.4, 0.5) is 0 Å². The number of allylic oxidation sites excluding steroid dienone is 1. The molecule has 0 saturated carbocycles. The minimum atomic E-state index is -0.832. The molecule has 0 aromatic carbocycles. The van der Waals surface area contributed by atoms with Gasteiger partial charge in [0.1, 0.15) is 9.33 Å². The van der Waals surface area contributed by atoms with Gasteiger partial charge in [0.2, 0.25) is 0 Å². The van der Waals surface area contributed by atoms with E-state index in [0.29, 0.717) is 0 Å². The Labute approximate surface area is 72.3 Å². The maximum Gasteiger partial charge on any atom is 0.145 e. The fourth-order valence-corrected chi connectivity index (χ4v) is 0.742. The number of alkyl halides is 2. The molecule has 0 aromatic heterocycles. The molecule has 0 bridgehead atoms. The first kappa shape index (κ1) is 9.19. The summed E-state index contributed by atoms with van der Waals surface area (Å²) in [6.07, 6.45) is 0. The topological polar surface area (TPSA) is 0 Å². The van der Waals surface area contributed by atoms with Gasteiger partial charge in [-0.1, -0.05) is 58.0 Å². The molecular weight excluding hydrogens is 213 g/mol. The lowest BCUT2D eigenvalue weighted by Crippen LogP contribution is -1.84. The minimum Gasteiger partial charge on any atom is -0.0990 e. The second-order valence-corrected chi connectivity index (χ2v) is 3.36. The van der Waals surface area contributed by atoms with E-state index in [1.807, 2.05) is 0 Å². The summed E-state index contributed by atoms with van der Waals surface area (Å²) in [5.74, 6) is 0. The van der Waals surface area contributed by atoms with Crippen molar-refractivity contribution in [1.82, 2.24) is 0 Å². The maximum absolute atomic E-state index is 5.30. The summed E-state index contributed by atoms with van der Waals surface area (Å²) in [6, 6.07) is 0. The highest BCUT2D eigenvalue weighted by molar-refractivity contribution is 6.62. The third-order valence-corrected chi connectivity index (χ3v) is 2.04. The lowest BCUT2D eigenvalue weighted by atomic mass is 10.7. The van der Waals surface area contributed by atoms with Gasteiger partial charge >= 0.3 is 0 Å². The van der Waals surface area contributed by atoms with Crippen LogP contribution >= 0.6 is 58.0 Å². The normalized spacial score (nSPS) is 9.75. The van der Waals surface area contributed by atoms with Crippen LogP contribution < -0.4 is 0 Å². The van der Waals surface area contributed by atoms with Crippen LogP contribution in [0.2, 0.25) is 0 Å². The highest BCUT2D eigenvalue weighted by Crippen LogP contribution is 2.26. The van der Waals surface area contributed by atoms with Crippen molar-refractivity contribution < 1.29 is 0 Å². The Balaban J connectivity index is 4.00. The van der Waals surface area contributed by atoms with E-state index >= 15 is 0 Å². The van der Waals surface area contributed by atoms with Gasteiger partial charge in [-0.15, -0.1) is 0 Å². The first-order valence-corrected chi connectivity index (χ1v) is 3.55. The maximum atomic E-state index is 5.30. The molecule has 0 aliphatic carbocycles. The smallest absolute Gasteiger partial charge is 0.0990 e. The van der Waals surface area contributed by atoms with Crippen molar-refractivity contribution >= 4 is 58.0 Å².